The number of aromatic nitrogens is 4. The van der Waals surface area contributed by atoms with E-state index >= 15 is 0 Å². The highest BCUT2D eigenvalue weighted by atomic mass is 16.5. The molecule has 2 spiro atoms. The van der Waals surface area contributed by atoms with Gasteiger partial charge in [0.15, 0.2) is 0 Å². The third-order valence-electron chi connectivity index (χ3n) is 13.6. The standard InChI is InChI=1S/C45H53N7O5/c1-27(2)28(3)41(53)51-25-45(17-18-45)22-37(51)40-47-33-14-11-30(20-34(33)48-40)8-7-29-9-12-31(13-10-29)35-23-46-39(49-35)36-21-44(15-16-44)26-52(36)42(54)38(50-43(55)56-4)32-6-5-19-57-24-32/h9-14,20,23,27-28,32,36-38H,5-6,15-19,21-22,24-26H2,1-4H3,(H,46,49)(H,47,48)(H,50,55)/t28-,32?,36-,37-,38-/m0/s1. The molecule has 5 heterocycles. The topological polar surface area (TPSA) is 146 Å². The second kappa shape index (κ2) is 14.7. The van der Waals surface area contributed by atoms with Crippen LogP contribution in [0.15, 0.2) is 48.7 Å². The summed E-state index contributed by atoms with van der Waals surface area (Å²) in [5, 5.41) is 2.83. The highest BCUT2D eigenvalue weighted by Crippen LogP contribution is 2.59. The molecule has 5 fully saturated rings. The van der Waals surface area contributed by atoms with Crippen molar-refractivity contribution < 1.29 is 23.9 Å². The Bertz CT molecular complexity index is 2230. The van der Waals surface area contributed by atoms with Crippen LogP contribution >= 0.6 is 0 Å². The van der Waals surface area contributed by atoms with Crippen LogP contribution in [0.1, 0.15) is 107 Å². The molecule has 12 heteroatoms. The summed E-state index contributed by atoms with van der Waals surface area (Å²) in [6.45, 7) is 8.86. The number of H-pyrrole nitrogens is 2. The SMILES string of the molecule is COC(=O)N[C@H](C(=O)N1CC2(CC2)C[C@H]1c1ncc(-c2ccc(C#Cc3ccc4nc([C@@H]5CC6(CC6)CN5C(=O)[C@@H](C)C(C)C)[nH]c4c3)cc2)[nH]1)C1CCCOC1. The maximum Gasteiger partial charge on any atom is 0.407 e. The van der Waals surface area contributed by atoms with Gasteiger partial charge in [0.25, 0.3) is 0 Å². The third-order valence-corrected chi connectivity index (χ3v) is 13.6. The number of alkyl carbamates (subject to hydrolysis) is 1. The molecule has 5 atom stereocenters. The fourth-order valence-corrected chi connectivity index (χ4v) is 9.26. The number of amides is 3. The van der Waals surface area contributed by atoms with Gasteiger partial charge in [0.2, 0.25) is 11.8 Å². The number of rotatable bonds is 8. The summed E-state index contributed by atoms with van der Waals surface area (Å²) < 4.78 is 10.6. The Hall–Kier alpha value is -5.15. The molecule has 4 aromatic rings. The highest BCUT2D eigenvalue weighted by molar-refractivity contribution is 5.87. The molecule has 2 aromatic carbocycles. The maximum atomic E-state index is 14.2. The van der Waals surface area contributed by atoms with Crippen LogP contribution in [0.2, 0.25) is 0 Å². The van der Waals surface area contributed by atoms with Crippen molar-refractivity contribution in [3.63, 3.8) is 0 Å². The van der Waals surface area contributed by atoms with Gasteiger partial charge in [-0.05, 0) is 104 Å². The molecule has 12 nitrogen and oxygen atoms in total. The van der Waals surface area contributed by atoms with Crippen LogP contribution in [0.3, 0.4) is 0 Å². The number of methoxy groups -OCH3 is 1. The number of likely N-dealkylation sites (tertiary alicyclic amines) is 2. The van der Waals surface area contributed by atoms with Gasteiger partial charge in [0.1, 0.15) is 17.7 Å². The predicted octanol–water partition coefficient (Wildman–Crippen LogP) is 6.90. The quantitative estimate of drug-likeness (QED) is 0.165. The number of carbonyl (C=O) groups is 3. The lowest BCUT2D eigenvalue weighted by atomic mass is 9.92. The largest absolute Gasteiger partial charge is 0.453 e. The van der Waals surface area contributed by atoms with E-state index in [9.17, 15) is 14.4 Å². The van der Waals surface area contributed by atoms with Crippen LogP contribution in [-0.4, -0.2) is 87.1 Å². The molecule has 57 heavy (non-hydrogen) atoms. The fourth-order valence-electron chi connectivity index (χ4n) is 9.26. The number of aromatic amines is 2. The number of imidazole rings is 2. The van der Waals surface area contributed by atoms with Gasteiger partial charge in [0, 0.05) is 42.7 Å². The van der Waals surface area contributed by atoms with Gasteiger partial charge in [-0.25, -0.2) is 14.8 Å². The number of nitrogens with one attached hydrogen (secondary N) is 3. The van der Waals surface area contributed by atoms with Gasteiger partial charge in [-0.3, -0.25) is 9.59 Å². The molecule has 1 unspecified atom stereocenters. The summed E-state index contributed by atoms with van der Waals surface area (Å²) in [4.78, 5) is 61.0. The van der Waals surface area contributed by atoms with Gasteiger partial charge in [0.05, 0.1) is 48.7 Å². The minimum Gasteiger partial charge on any atom is -0.453 e. The van der Waals surface area contributed by atoms with E-state index in [0.29, 0.717) is 25.7 Å². The molecule has 9 rings (SSSR count). The summed E-state index contributed by atoms with van der Waals surface area (Å²) in [6, 6.07) is 13.2. The van der Waals surface area contributed by atoms with Crippen molar-refractivity contribution in [1.29, 1.82) is 0 Å². The van der Waals surface area contributed by atoms with Crippen LogP contribution in [0, 0.1) is 40.4 Å². The molecule has 0 radical (unpaired) electrons. The molecule has 3 aliphatic heterocycles. The zero-order chi connectivity index (χ0) is 39.5. The molecule has 3 N–H and O–H groups in total. The first-order valence-electron chi connectivity index (χ1n) is 20.7. The summed E-state index contributed by atoms with van der Waals surface area (Å²) in [5.41, 5.74) is 5.80. The summed E-state index contributed by atoms with van der Waals surface area (Å²) >= 11 is 0. The van der Waals surface area contributed by atoms with E-state index in [1.54, 1.807) is 0 Å². The van der Waals surface area contributed by atoms with Crippen molar-refractivity contribution in [2.24, 2.45) is 28.6 Å². The molecular formula is C45H53N7O5. The molecule has 5 aliphatic rings. The van der Waals surface area contributed by atoms with Crippen molar-refractivity contribution >= 4 is 28.9 Å². The minimum atomic E-state index is -0.718. The molecule has 2 aromatic heterocycles. The molecule has 3 saturated heterocycles. The predicted molar refractivity (Wildman–Crippen MR) is 214 cm³/mol. The van der Waals surface area contributed by atoms with Gasteiger partial charge in [-0.1, -0.05) is 44.7 Å². The highest BCUT2D eigenvalue weighted by Gasteiger charge is 2.56. The second-order valence-corrected chi connectivity index (χ2v) is 17.9. The Morgan fingerprint density at radius 2 is 1.56 bits per heavy atom. The van der Waals surface area contributed by atoms with Gasteiger partial charge >= 0.3 is 6.09 Å². The number of nitrogens with zero attached hydrogens (tertiary/aromatic N) is 4. The van der Waals surface area contributed by atoms with Crippen LogP contribution in [-0.2, 0) is 19.1 Å². The molecule has 298 valence electrons. The number of fused-ring (bicyclic) bond motifs is 1. The van der Waals surface area contributed by atoms with Gasteiger partial charge < -0.3 is 34.6 Å². The van der Waals surface area contributed by atoms with Gasteiger partial charge in [-0.2, -0.15) is 0 Å². The Balaban J connectivity index is 0.890. The summed E-state index contributed by atoms with van der Waals surface area (Å²) in [6.07, 6.45) is 9.23. The number of hydrogen-bond donors (Lipinski definition) is 3. The van der Waals surface area contributed by atoms with Crippen LogP contribution in [0.4, 0.5) is 4.79 Å². The van der Waals surface area contributed by atoms with Crippen LogP contribution in [0.25, 0.3) is 22.3 Å². The molecule has 0 bridgehead atoms. The first kappa shape index (κ1) is 37.4. The molecule has 2 aliphatic carbocycles. The van der Waals surface area contributed by atoms with E-state index < -0.39 is 12.1 Å². The van der Waals surface area contributed by atoms with E-state index in [1.807, 2.05) is 60.5 Å². The number of ether oxygens (including phenoxy) is 2. The fraction of sp³-hybridized carbons (Fsp3) is 0.533. The van der Waals surface area contributed by atoms with Crippen molar-refractivity contribution in [3.05, 3.63) is 71.4 Å². The van der Waals surface area contributed by atoms with Crippen LogP contribution < -0.4 is 5.32 Å². The summed E-state index contributed by atoms with van der Waals surface area (Å²) in [7, 11) is 1.32. The van der Waals surface area contributed by atoms with E-state index in [4.69, 9.17) is 19.4 Å². The molecule has 2 saturated carbocycles. The zero-order valence-corrected chi connectivity index (χ0v) is 33.4. The van der Waals surface area contributed by atoms with E-state index in [2.05, 4.69) is 45.9 Å². The lowest BCUT2D eigenvalue weighted by Gasteiger charge is -2.34. The van der Waals surface area contributed by atoms with Crippen molar-refractivity contribution in [2.75, 3.05) is 33.4 Å². The number of hydrogen-bond acceptors (Lipinski definition) is 7. The van der Waals surface area contributed by atoms with E-state index in [1.165, 1.54) is 20.0 Å². The average molecular weight is 772 g/mol. The second-order valence-electron chi connectivity index (χ2n) is 17.9. The van der Waals surface area contributed by atoms with Gasteiger partial charge in [-0.15, -0.1) is 0 Å². The first-order valence-corrected chi connectivity index (χ1v) is 20.7. The summed E-state index contributed by atoms with van der Waals surface area (Å²) in [5.74, 6) is 8.55. The Morgan fingerprint density at radius 3 is 2.21 bits per heavy atom. The lowest BCUT2D eigenvalue weighted by Crippen LogP contribution is -2.54. The van der Waals surface area contributed by atoms with E-state index in [-0.39, 0.29) is 46.6 Å². The first-order chi connectivity index (χ1) is 27.5. The monoisotopic (exact) mass is 771 g/mol. The minimum absolute atomic E-state index is 0.0203. The lowest BCUT2D eigenvalue weighted by molar-refractivity contribution is -0.138. The van der Waals surface area contributed by atoms with Crippen molar-refractivity contribution in [1.82, 2.24) is 35.1 Å². The Morgan fingerprint density at radius 1 is 0.895 bits per heavy atom. The average Bonchev–Trinajstić information content (AvgIpc) is 3.84. The molecular weight excluding hydrogens is 719 g/mol. The molecule has 3 amide bonds. The van der Waals surface area contributed by atoms with Crippen LogP contribution in [0.5, 0.6) is 0 Å². The Kier molecular flexibility index (Phi) is 9.62. The smallest absolute Gasteiger partial charge is 0.407 e. The van der Waals surface area contributed by atoms with Crippen molar-refractivity contribution in [2.45, 2.75) is 90.3 Å². The van der Waals surface area contributed by atoms with E-state index in [0.717, 1.165) is 90.1 Å². The Labute approximate surface area is 333 Å². The maximum absolute atomic E-state index is 14.2. The van der Waals surface area contributed by atoms with Crippen molar-refractivity contribution in [3.8, 4) is 23.1 Å². The zero-order valence-electron chi connectivity index (χ0n) is 33.4. The number of carbonyl (C=O) groups excluding carboxylic acids is 3. The normalized spacial score (nSPS) is 24.1. The number of benzene rings is 2. The third kappa shape index (κ3) is 7.42.